The van der Waals surface area contributed by atoms with E-state index in [2.05, 4.69) is 63.9 Å². The molecule has 0 amide bonds. The molecule has 1 atom stereocenters. The van der Waals surface area contributed by atoms with Crippen LogP contribution in [-0.4, -0.2) is 6.61 Å². The Hall–Kier alpha value is -0.0200. The molecule has 0 aromatic heterocycles. The van der Waals surface area contributed by atoms with Gasteiger partial charge in [0.25, 0.3) is 0 Å². The topological polar surface area (TPSA) is 9.23 Å². The van der Waals surface area contributed by atoms with Gasteiger partial charge < -0.3 is 4.74 Å². The fraction of sp³-hybridized carbons (Fsp3) is 0.786. The first-order valence-corrected chi connectivity index (χ1v) is 15.3. The van der Waals surface area contributed by atoms with Crippen molar-refractivity contribution in [1.29, 1.82) is 0 Å². The van der Waals surface area contributed by atoms with Crippen LogP contribution in [0.2, 0.25) is 0 Å². The number of alkyl halides is 2. The highest BCUT2D eigenvalue weighted by Crippen LogP contribution is 2.24. The average molecular weight is 560 g/mol. The van der Waals surface area contributed by atoms with Crippen molar-refractivity contribution in [2.75, 3.05) is 6.61 Å². The van der Waals surface area contributed by atoms with Gasteiger partial charge in [0, 0.05) is 16.2 Å². The summed E-state index contributed by atoms with van der Waals surface area (Å²) in [5.74, 6) is 1.99. The number of hydrogen-bond donors (Lipinski definition) is 0. The first-order valence-electron chi connectivity index (χ1n) is 13.1. The van der Waals surface area contributed by atoms with Gasteiger partial charge in [-0.2, -0.15) is 0 Å². The van der Waals surface area contributed by atoms with Gasteiger partial charge in [-0.25, -0.2) is 0 Å². The van der Waals surface area contributed by atoms with Gasteiger partial charge in [0.2, 0.25) is 0 Å². The molecule has 1 nitrogen and oxygen atoms in total. The number of rotatable bonds is 21. The van der Waals surface area contributed by atoms with Crippen molar-refractivity contribution in [2.24, 2.45) is 5.92 Å². The summed E-state index contributed by atoms with van der Waals surface area (Å²) in [6.45, 7) is 5.59. The second-order valence-corrected chi connectivity index (χ2v) is 10.5. The number of hydrogen-bond acceptors (Lipinski definition) is 1. The highest BCUT2D eigenvalue weighted by Gasteiger charge is 2.04. The van der Waals surface area contributed by atoms with Crippen LogP contribution in [0.5, 0.6) is 5.75 Å². The van der Waals surface area contributed by atoms with E-state index < -0.39 is 0 Å². The summed E-state index contributed by atoms with van der Waals surface area (Å²) < 4.78 is 6.05. The van der Waals surface area contributed by atoms with Gasteiger partial charge in [0.15, 0.2) is 0 Å². The Bertz CT molecular complexity index is 532. The van der Waals surface area contributed by atoms with Gasteiger partial charge in [0.05, 0.1) is 6.61 Å². The van der Waals surface area contributed by atoms with Crippen LogP contribution in [0.25, 0.3) is 0 Å². The van der Waals surface area contributed by atoms with Crippen molar-refractivity contribution in [2.45, 2.75) is 127 Å². The maximum atomic E-state index is 6.05. The molecule has 0 aliphatic carbocycles. The van der Waals surface area contributed by atoms with Gasteiger partial charge in [-0.15, -0.1) is 0 Å². The number of benzene rings is 1. The van der Waals surface area contributed by atoms with Gasteiger partial charge in [-0.3, -0.25) is 0 Å². The third-order valence-electron chi connectivity index (χ3n) is 6.33. The van der Waals surface area contributed by atoms with E-state index in [4.69, 9.17) is 4.74 Å². The molecule has 3 heteroatoms. The first-order chi connectivity index (χ1) is 15.2. The van der Waals surface area contributed by atoms with Crippen LogP contribution >= 0.6 is 31.9 Å². The summed E-state index contributed by atoms with van der Waals surface area (Å²) in [6.07, 6.45) is 22.4. The van der Waals surface area contributed by atoms with E-state index in [-0.39, 0.29) is 0 Å². The molecule has 0 fully saturated rings. The molecule has 0 saturated carbocycles. The third-order valence-corrected chi connectivity index (χ3v) is 7.58. The largest absolute Gasteiger partial charge is 0.493 e. The molecule has 1 rings (SSSR count). The zero-order valence-corrected chi connectivity index (χ0v) is 23.6. The van der Waals surface area contributed by atoms with Crippen LogP contribution in [0.15, 0.2) is 18.2 Å². The number of unbranched alkanes of at least 4 members (excludes halogenated alkanes) is 12. The van der Waals surface area contributed by atoms with Crippen LogP contribution in [0.4, 0.5) is 0 Å². The van der Waals surface area contributed by atoms with Gasteiger partial charge >= 0.3 is 0 Å². The molecular weight excluding hydrogens is 512 g/mol. The Balaban J connectivity index is 1.89. The van der Waals surface area contributed by atoms with Crippen LogP contribution in [0.3, 0.4) is 0 Å². The van der Waals surface area contributed by atoms with Crippen LogP contribution in [0, 0.1) is 5.92 Å². The SMILES string of the molecule is CCCCCCC(C)CCCCCCCCCCCCOc1cc(CBr)ccc1CBr. The molecule has 1 aromatic rings. The summed E-state index contributed by atoms with van der Waals surface area (Å²) in [6, 6.07) is 6.49. The molecule has 0 aliphatic heterocycles. The van der Waals surface area contributed by atoms with Crippen LogP contribution in [0.1, 0.15) is 128 Å². The molecule has 0 spiro atoms. The molecule has 0 heterocycles. The van der Waals surface area contributed by atoms with E-state index in [9.17, 15) is 0 Å². The fourth-order valence-corrected chi connectivity index (χ4v) is 4.99. The number of ether oxygens (including phenoxy) is 1. The lowest BCUT2D eigenvalue weighted by molar-refractivity contribution is 0.302. The Morgan fingerprint density at radius 2 is 1.26 bits per heavy atom. The molecule has 0 bridgehead atoms. The lowest BCUT2D eigenvalue weighted by atomic mass is 9.96. The minimum absolute atomic E-state index is 0.836. The van der Waals surface area contributed by atoms with Gasteiger partial charge in [-0.1, -0.05) is 154 Å². The number of halogens is 2. The molecular formula is C28H48Br2O. The second kappa shape index (κ2) is 20.6. The average Bonchev–Trinajstić information content (AvgIpc) is 2.79. The van der Waals surface area contributed by atoms with Crippen molar-refractivity contribution in [3.8, 4) is 5.75 Å². The first kappa shape index (κ1) is 29.0. The highest BCUT2D eigenvalue weighted by atomic mass is 79.9. The van der Waals surface area contributed by atoms with Crippen molar-refractivity contribution < 1.29 is 4.74 Å². The molecule has 1 unspecified atom stereocenters. The Morgan fingerprint density at radius 1 is 0.710 bits per heavy atom. The standard InChI is InChI=1S/C28H48Br2O/c1-3-4-5-14-17-25(2)18-15-12-10-8-6-7-9-11-13-16-21-31-28-22-26(23-29)19-20-27(28)24-30/h19-20,22,25H,3-18,21,23-24H2,1-2H3. The smallest absolute Gasteiger partial charge is 0.123 e. The normalized spacial score (nSPS) is 12.3. The molecule has 0 aliphatic rings. The summed E-state index contributed by atoms with van der Waals surface area (Å²) in [5.41, 5.74) is 2.52. The van der Waals surface area contributed by atoms with E-state index >= 15 is 0 Å². The van der Waals surface area contributed by atoms with Crippen LogP contribution in [-0.2, 0) is 10.7 Å². The lowest BCUT2D eigenvalue weighted by Gasteiger charge is -2.11. The van der Waals surface area contributed by atoms with E-state index in [0.29, 0.717) is 0 Å². The molecule has 0 saturated heterocycles. The summed E-state index contributed by atoms with van der Waals surface area (Å²) >= 11 is 7.09. The summed E-state index contributed by atoms with van der Waals surface area (Å²) in [5, 5.41) is 1.73. The predicted octanol–water partition coefficient (Wildman–Crippen LogP) is 10.8. The van der Waals surface area contributed by atoms with Gasteiger partial charge in [-0.05, 0) is 24.0 Å². The van der Waals surface area contributed by atoms with Crippen molar-refractivity contribution in [1.82, 2.24) is 0 Å². The zero-order valence-electron chi connectivity index (χ0n) is 20.4. The Kier molecular flexibility index (Phi) is 19.3. The predicted molar refractivity (Wildman–Crippen MR) is 146 cm³/mol. The second-order valence-electron chi connectivity index (χ2n) is 9.34. The molecule has 0 radical (unpaired) electrons. The monoisotopic (exact) mass is 558 g/mol. The molecule has 0 N–H and O–H groups in total. The van der Waals surface area contributed by atoms with E-state index in [0.717, 1.165) is 35.4 Å². The molecule has 1 aromatic carbocycles. The maximum absolute atomic E-state index is 6.05. The lowest BCUT2D eigenvalue weighted by Crippen LogP contribution is -2.00. The molecule has 31 heavy (non-hydrogen) atoms. The van der Waals surface area contributed by atoms with E-state index in [1.165, 1.54) is 107 Å². The van der Waals surface area contributed by atoms with E-state index in [1.54, 1.807) is 0 Å². The van der Waals surface area contributed by atoms with Crippen molar-refractivity contribution in [3.63, 3.8) is 0 Å². The van der Waals surface area contributed by atoms with Crippen molar-refractivity contribution in [3.05, 3.63) is 29.3 Å². The summed E-state index contributed by atoms with van der Waals surface area (Å²) in [7, 11) is 0. The minimum Gasteiger partial charge on any atom is -0.493 e. The van der Waals surface area contributed by atoms with Gasteiger partial charge in [0.1, 0.15) is 5.75 Å². The van der Waals surface area contributed by atoms with E-state index in [1.807, 2.05) is 0 Å². The van der Waals surface area contributed by atoms with Crippen molar-refractivity contribution >= 4 is 31.9 Å². The minimum atomic E-state index is 0.836. The Labute approximate surface area is 210 Å². The van der Waals surface area contributed by atoms with Crippen LogP contribution < -0.4 is 4.74 Å². The Morgan fingerprint density at radius 3 is 1.81 bits per heavy atom. The highest BCUT2D eigenvalue weighted by molar-refractivity contribution is 9.08. The quantitative estimate of drug-likeness (QED) is 0.107. The third kappa shape index (κ3) is 15.4. The maximum Gasteiger partial charge on any atom is 0.123 e. The molecule has 180 valence electrons. The summed E-state index contributed by atoms with van der Waals surface area (Å²) in [4.78, 5) is 0. The fourth-order valence-electron chi connectivity index (χ4n) is 4.18. The zero-order chi connectivity index (χ0) is 22.6.